The fraction of sp³-hybridized carbons (Fsp3) is 0.909. The monoisotopic (exact) mass is 215 g/mol. The van der Waals surface area contributed by atoms with E-state index in [0.29, 0.717) is 19.6 Å². The minimum absolute atomic E-state index is 0.000153. The van der Waals surface area contributed by atoms with Crippen molar-refractivity contribution < 1.29 is 14.6 Å². The Hall–Kier alpha value is -0.610. The lowest BCUT2D eigenvalue weighted by Crippen LogP contribution is -2.33. The van der Waals surface area contributed by atoms with Crippen LogP contribution < -0.4 is 5.32 Å². The normalized spacial score (nSPS) is 19.7. The predicted octanol–water partition coefficient (Wildman–Crippen LogP) is 0.548. The molecule has 15 heavy (non-hydrogen) atoms. The summed E-state index contributed by atoms with van der Waals surface area (Å²) in [5.74, 6) is 0.304. The summed E-state index contributed by atoms with van der Waals surface area (Å²) in [4.78, 5) is 11.5. The minimum atomic E-state index is 0.000153. The van der Waals surface area contributed by atoms with Crippen LogP contribution in [-0.4, -0.2) is 37.9 Å². The molecule has 0 saturated heterocycles. The van der Waals surface area contributed by atoms with Gasteiger partial charge in [-0.1, -0.05) is 6.92 Å². The lowest BCUT2D eigenvalue weighted by atomic mass is 10.1. The van der Waals surface area contributed by atoms with Gasteiger partial charge in [-0.05, 0) is 18.8 Å². The van der Waals surface area contributed by atoms with Crippen molar-refractivity contribution in [3.8, 4) is 0 Å². The fourth-order valence-corrected chi connectivity index (χ4v) is 1.59. The molecule has 1 rings (SSSR count). The summed E-state index contributed by atoms with van der Waals surface area (Å²) in [5, 5.41) is 11.9. The molecule has 4 nitrogen and oxygen atoms in total. The molecule has 1 aliphatic rings. The molecule has 0 aliphatic heterocycles. The van der Waals surface area contributed by atoms with Crippen molar-refractivity contribution in [1.29, 1.82) is 0 Å². The molecule has 1 atom stereocenters. The molecule has 88 valence electrons. The maximum atomic E-state index is 11.5. The number of amides is 1. The molecule has 0 bridgehead atoms. The van der Waals surface area contributed by atoms with Crippen LogP contribution in [0, 0.1) is 11.3 Å². The van der Waals surface area contributed by atoms with Gasteiger partial charge in [0.25, 0.3) is 0 Å². The second kappa shape index (κ2) is 5.47. The van der Waals surface area contributed by atoms with Gasteiger partial charge in [-0.25, -0.2) is 0 Å². The van der Waals surface area contributed by atoms with Gasteiger partial charge in [0.05, 0.1) is 6.61 Å². The molecule has 0 heterocycles. The SMILES string of the molecule is COCC(C)CC(=O)NCC1(CO)CC1. The molecule has 1 unspecified atom stereocenters. The first-order valence-electron chi connectivity index (χ1n) is 5.48. The quantitative estimate of drug-likeness (QED) is 0.652. The van der Waals surface area contributed by atoms with Crippen LogP contribution in [0.4, 0.5) is 0 Å². The molecule has 0 radical (unpaired) electrons. The first kappa shape index (κ1) is 12.5. The van der Waals surface area contributed by atoms with Crippen molar-refractivity contribution in [1.82, 2.24) is 5.32 Å². The Kier molecular flexibility index (Phi) is 4.54. The number of hydrogen-bond acceptors (Lipinski definition) is 3. The highest BCUT2D eigenvalue weighted by Crippen LogP contribution is 2.44. The molecule has 1 saturated carbocycles. The average Bonchev–Trinajstić information content (AvgIpc) is 2.96. The number of nitrogens with one attached hydrogen (secondary N) is 1. The Balaban J connectivity index is 2.13. The second-order valence-electron chi connectivity index (χ2n) is 4.70. The van der Waals surface area contributed by atoms with Gasteiger partial charge in [0.1, 0.15) is 0 Å². The highest BCUT2D eigenvalue weighted by molar-refractivity contribution is 5.76. The van der Waals surface area contributed by atoms with Gasteiger partial charge in [0.2, 0.25) is 5.91 Å². The summed E-state index contributed by atoms with van der Waals surface area (Å²) in [6, 6.07) is 0. The first-order chi connectivity index (χ1) is 7.12. The van der Waals surface area contributed by atoms with Crippen LogP contribution >= 0.6 is 0 Å². The van der Waals surface area contributed by atoms with Crippen molar-refractivity contribution in [2.24, 2.45) is 11.3 Å². The van der Waals surface area contributed by atoms with Gasteiger partial charge in [0, 0.05) is 32.1 Å². The average molecular weight is 215 g/mol. The van der Waals surface area contributed by atoms with Crippen LogP contribution in [0.1, 0.15) is 26.2 Å². The second-order valence-corrected chi connectivity index (χ2v) is 4.70. The van der Waals surface area contributed by atoms with E-state index >= 15 is 0 Å². The molecule has 1 amide bonds. The van der Waals surface area contributed by atoms with E-state index in [4.69, 9.17) is 9.84 Å². The van der Waals surface area contributed by atoms with Gasteiger partial charge in [-0.15, -0.1) is 0 Å². The number of methoxy groups -OCH3 is 1. The third-order valence-electron chi connectivity index (χ3n) is 2.94. The van der Waals surface area contributed by atoms with E-state index in [-0.39, 0.29) is 23.8 Å². The van der Waals surface area contributed by atoms with E-state index in [2.05, 4.69) is 5.32 Å². The topological polar surface area (TPSA) is 58.6 Å². The summed E-state index contributed by atoms with van der Waals surface area (Å²) in [5.41, 5.74) is 0.000153. The Bertz CT molecular complexity index is 214. The highest BCUT2D eigenvalue weighted by atomic mass is 16.5. The van der Waals surface area contributed by atoms with E-state index in [1.807, 2.05) is 6.92 Å². The van der Waals surface area contributed by atoms with E-state index < -0.39 is 0 Å². The zero-order valence-corrected chi connectivity index (χ0v) is 9.58. The first-order valence-corrected chi connectivity index (χ1v) is 5.48. The third kappa shape index (κ3) is 4.18. The van der Waals surface area contributed by atoms with E-state index in [1.165, 1.54) is 0 Å². The van der Waals surface area contributed by atoms with Gasteiger partial charge in [0.15, 0.2) is 0 Å². The minimum Gasteiger partial charge on any atom is -0.396 e. The van der Waals surface area contributed by atoms with Gasteiger partial charge < -0.3 is 15.2 Å². The maximum Gasteiger partial charge on any atom is 0.220 e. The number of carbonyl (C=O) groups is 1. The van der Waals surface area contributed by atoms with Crippen LogP contribution in [0.25, 0.3) is 0 Å². The largest absolute Gasteiger partial charge is 0.396 e. The number of aliphatic hydroxyl groups is 1. The van der Waals surface area contributed by atoms with Crippen LogP contribution in [0.3, 0.4) is 0 Å². The summed E-state index contributed by atoms with van der Waals surface area (Å²) >= 11 is 0. The lowest BCUT2D eigenvalue weighted by Gasteiger charge is -2.14. The van der Waals surface area contributed by atoms with Crippen molar-refractivity contribution >= 4 is 5.91 Å². The molecule has 4 heteroatoms. The summed E-state index contributed by atoms with van der Waals surface area (Å²) in [6.07, 6.45) is 2.55. The fourth-order valence-electron chi connectivity index (χ4n) is 1.59. The van der Waals surface area contributed by atoms with E-state index in [1.54, 1.807) is 7.11 Å². The molecule has 2 N–H and O–H groups in total. The Morgan fingerprint density at radius 3 is 2.73 bits per heavy atom. The number of aliphatic hydroxyl groups excluding tert-OH is 1. The van der Waals surface area contributed by atoms with E-state index in [0.717, 1.165) is 12.8 Å². The molecule has 0 aromatic heterocycles. The number of carbonyl (C=O) groups excluding carboxylic acids is 1. The van der Waals surface area contributed by atoms with E-state index in [9.17, 15) is 4.79 Å². The number of hydrogen-bond donors (Lipinski definition) is 2. The predicted molar refractivity (Wildman–Crippen MR) is 57.4 cm³/mol. The van der Waals surface area contributed by atoms with Gasteiger partial charge >= 0.3 is 0 Å². The van der Waals surface area contributed by atoms with Crippen LogP contribution in [0.5, 0.6) is 0 Å². The smallest absolute Gasteiger partial charge is 0.220 e. The summed E-state index contributed by atoms with van der Waals surface area (Å²) in [6.45, 7) is 3.39. The van der Waals surface area contributed by atoms with Crippen molar-refractivity contribution in [2.75, 3.05) is 26.9 Å². The summed E-state index contributed by atoms with van der Waals surface area (Å²) in [7, 11) is 1.64. The van der Waals surface area contributed by atoms with Crippen molar-refractivity contribution in [3.63, 3.8) is 0 Å². The van der Waals surface area contributed by atoms with Crippen molar-refractivity contribution in [3.05, 3.63) is 0 Å². The zero-order chi connectivity index (χ0) is 11.3. The standard InChI is InChI=1S/C11H21NO3/c1-9(6-15-2)5-10(14)12-7-11(8-13)3-4-11/h9,13H,3-8H2,1-2H3,(H,12,14). The Labute approximate surface area is 91.0 Å². The highest BCUT2D eigenvalue weighted by Gasteiger charge is 2.41. The third-order valence-corrected chi connectivity index (χ3v) is 2.94. The van der Waals surface area contributed by atoms with Gasteiger partial charge in [-0.2, -0.15) is 0 Å². The lowest BCUT2D eigenvalue weighted by molar-refractivity contribution is -0.122. The molecular weight excluding hydrogens is 194 g/mol. The summed E-state index contributed by atoms with van der Waals surface area (Å²) < 4.78 is 4.96. The molecule has 1 fully saturated rings. The Morgan fingerprint density at radius 2 is 2.27 bits per heavy atom. The van der Waals surface area contributed by atoms with Crippen LogP contribution in [0.15, 0.2) is 0 Å². The molecule has 0 aromatic carbocycles. The molecule has 0 spiro atoms. The zero-order valence-electron chi connectivity index (χ0n) is 9.58. The molecule has 1 aliphatic carbocycles. The van der Waals surface area contributed by atoms with Gasteiger partial charge in [-0.3, -0.25) is 4.79 Å². The van der Waals surface area contributed by atoms with Crippen LogP contribution in [-0.2, 0) is 9.53 Å². The van der Waals surface area contributed by atoms with Crippen LogP contribution in [0.2, 0.25) is 0 Å². The molecular formula is C11H21NO3. The van der Waals surface area contributed by atoms with Crippen molar-refractivity contribution in [2.45, 2.75) is 26.2 Å². The number of ether oxygens (including phenoxy) is 1. The molecule has 0 aromatic rings. The Morgan fingerprint density at radius 1 is 1.60 bits per heavy atom. The number of rotatable bonds is 7. The maximum absolute atomic E-state index is 11.5.